The number of amides is 1. The fourth-order valence-electron chi connectivity index (χ4n) is 2.13. The molecule has 5 nitrogen and oxygen atoms in total. The molecule has 1 aliphatic rings. The molecule has 6 heteroatoms. The van der Waals surface area contributed by atoms with E-state index in [-0.39, 0.29) is 24.2 Å². The number of rotatable bonds is 5. The number of nitrogens with one attached hydrogen (secondary N) is 1. The molecular weight excluding hydrogens is 263 g/mol. The van der Waals surface area contributed by atoms with Crippen LogP contribution in [0.1, 0.15) is 11.1 Å². The summed E-state index contributed by atoms with van der Waals surface area (Å²) < 4.78 is 13.1. The van der Waals surface area contributed by atoms with Crippen molar-refractivity contribution in [1.29, 1.82) is 0 Å². The van der Waals surface area contributed by atoms with Crippen LogP contribution in [0.5, 0.6) is 0 Å². The Hall–Kier alpha value is -1.95. The maximum atomic E-state index is 13.1. The number of aryl methyl sites for hydroxylation is 1. The Labute approximate surface area is 116 Å². The first-order chi connectivity index (χ1) is 9.45. The zero-order chi connectivity index (χ0) is 14.7. The highest BCUT2D eigenvalue weighted by atomic mass is 19.1. The first-order valence-corrected chi connectivity index (χ1v) is 6.42. The summed E-state index contributed by atoms with van der Waals surface area (Å²) in [7, 11) is 0. The molecule has 1 aliphatic heterocycles. The largest absolute Gasteiger partial charge is 0.481 e. The minimum absolute atomic E-state index is 0.157. The maximum Gasteiger partial charge on any atom is 0.309 e. The van der Waals surface area contributed by atoms with Crippen molar-refractivity contribution in [2.24, 2.45) is 5.92 Å². The van der Waals surface area contributed by atoms with E-state index in [9.17, 15) is 14.0 Å². The monoisotopic (exact) mass is 280 g/mol. The summed E-state index contributed by atoms with van der Waals surface area (Å²) in [4.78, 5) is 24.1. The fourth-order valence-corrected chi connectivity index (χ4v) is 2.13. The molecule has 1 saturated heterocycles. The highest BCUT2D eigenvalue weighted by Crippen LogP contribution is 2.14. The van der Waals surface area contributed by atoms with Crippen LogP contribution in [0.2, 0.25) is 0 Å². The molecular formula is C14H17FN2O3. The van der Waals surface area contributed by atoms with E-state index in [4.69, 9.17) is 5.11 Å². The predicted octanol–water partition coefficient (Wildman–Crippen LogP) is 0.767. The van der Waals surface area contributed by atoms with Crippen molar-refractivity contribution in [1.82, 2.24) is 10.2 Å². The van der Waals surface area contributed by atoms with Gasteiger partial charge in [-0.3, -0.25) is 14.5 Å². The molecule has 20 heavy (non-hydrogen) atoms. The molecule has 108 valence electrons. The first-order valence-electron chi connectivity index (χ1n) is 6.42. The summed E-state index contributed by atoms with van der Waals surface area (Å²) in [5, 5.41) is 11.5. The molecule has 0 unspecified atom stereocenters. The molecule has 0 aromatic heterocycles. The summed E-state index contributed by atoms with van der Waals surface area (Å²) in [5.41, 5.74) is 1.38. The predicted molar refractivity (Wildman–Crippen MR) is 70.5 cm³/mol. The molecule has 2 N–H and O–H groups in total. The van der Waals surface area contributed by atoms with Gasteiger partial charge in [-0.15, -0.1) is 0 Å². The van der Waals surface area contributed by atoms with Gasteiger partial charge >= 0.3 is 5.97 Å². The summed E-state index contributed by atoms with van der Waals surface area (Å²) in [6.07, 6.45) is 0. The van der Waals surface area contributed by atoms with Gasteiger partial charge in [-0.05, 0) is 24.1 Å². The third-order valence-corrected chi connectivity index (χ3v) is 3.39. The minimum atomic E-state index is -0.816. The number of aliphatic carboxylic acids is 1. The van der Waals surface area contributed by atoms with E-state index in [0.29, 0.717) is 25.2 Å². The summed E-state index contributed by atoms with van der Waals surface area (Å²) in [6, 6.07) is 4.70. The number of carbonyl (C=O) groups excluding carboxylic acids is 1. The normalized spacial score (nSPS) is 15.7. The fraction of sp³-hybridized carbons (Fsp3) is 0.429. The van der Waals surface area contributed by atoms with Crippen LogP contribution in [-0.4, -0.2) is 41.5 Å². The van der Waals surface area contributed by atoms with Crippen LogP contribution in [0.25, 0.3) is 0 Å². The lowest BCUT2D eigenvalue weighted by atomic mass is 10.0. The second kappa shape index (κ2) is 6.00. The van der Waals surface area contributed by atoms with E-state index in [1.54, 1.807) is 24.0 Å². The molecule has 1 heterocycles. The van der Waals surface area contributed by atoms with E-state index in [2.05, 4.69) is 5.32 Å². The summed E-state index contributed by atoms with van der Waals surface area (Å²) in [6.45, 7) is 3.05. The number of carbonyl (C=O) groups is 2. The van der Waals surface area contributed by atoms with E-state index < -0.39 is 5.97 Å². The van der Waals surface area contributed by atoms with Crippen molar-refractivity contribution < 1.29 is 19.1 Å². The maximum absolute atomic E-state index is 13.1. The Bertz CT molecular complexity index is 527. The molecule has 0 radical (unpaired) electrons. The second-order valence-electron chi connectivity index (χ2n) is 5.09. The molecule has 2 rings (SSSR count). The topological polar surface area (TPSA) is 69.6 Å². The first kappa shape index (κ1) is 14.5. The highest BCUT2D eigenvalue weighted by molar-refractivity contribution is 5.79. The van der Waals surface area contributed by atoms with Gasteiger partial charge in [0.05, 0.1) is 12.5 Å². The Balaban J connectivity index is 1.73. The Morgan fingerprint density at radius 2 is 2.15 bits per heavy atom. The number of hydrogen-bond acceptors (Lipinski definition) is 3. The average molecular weight is 280 g/mol. The van der Waals surface area contributed by atoms with E-state index in [1.807, 2.05) is 0 Å². The van der Waals surface area contributed by atoms with Crippen LogP contribution >= 0.6 is 0 Å². The molecule has 1 aromatic carbocycles. The third kappa shape index (κ3) is 3.54. The molecule has 1 fully saturated rings. The molecule has 1 aromatic rings. The van der Waals surface area contributed by atoms with Crippen LogP contribution in [-0.2, 0) is 16.1 Å². The van der Waals surface area contributed by atoms with E-state index in [1.165, 1.54) is 6.07 Å². The summed E-state index contributed by atoms with van der Waals surface area (Å²) >= 11 is 0. The number of hydrogen-bond donors (Lipinski definition) is 2. The molecule has 0 bridgehead atoms. The molecule has 0 spiro atoms. The molecule has 0 atom stereocenters. The van der Waals surface area contributed by atoms with Crippen molar-refractivity contribution in [2.75, 3.05) is 19.6 Å². The zero-order valence-corrected chi connectivity index (χ0v) is 11.2. The third-order valence-electron chi connectivity index (χ3n) is 3.39. The van der Waals surface area contributed by atoms with Gasteiger partial charge < -0.3 is 10.4 Å². The number of halogens is 1. The van der Waals surface area contributed by atoms with E-state index in [0.717, 1.165) is 5.56 Å². The van der Waals surface area contributed by atoms with Crippen molar-refractivity contribution >= 4 is 11.9 Å². The number of carboxylic acids is 1. The van der Waals surface area contributed by atoms with Gasteiger partial charge in [-0.1, -0.05) is 12.1 Å². The SMILES string of the molecule is Cc1cc(CNC(=O)CN2CC(C(=O)O)C2)ccc1F. The lowest BCUT2D eigenvalue weighted by Crippen LogP contribution is -2.53. The quantitative estimate of drug-likeness (QED) is 0.835. The van der Waals surface area contributed by atoms with Crippen LogP contribution in [0.15, 0.2) is 18.2 Å². The van der Waals surface area contributed by atoms with E-state index >= 15 is 0 Å². The second-order valence-corrected chi connectivity index (χ2v) is 5.09. The van der Waals surface area contributed by atoms with Gasteiger partial charge in [0.1, 0.15) is 5.82 Å². The Morgan fingerprint density at radius 3 is 2.75 bits per heavy atom. The smallest absolute Gasteiger partial charge is 0.309 e. The molecule has 1 amide bonds. The van der Waals surface area contributed by atoms with Gasteiger partial charge in [0, 0.05) is 19.6 Å². The van der Waals surface area contributed by atoms with Crippen molar-refractivity contribution in [3.8, 4) is 0 Å². The van der Waals surface area contributed by atoms with Crippen LogP contribution in [0.4, 0.5) is 4.39 Å². The average Bonchev–Trinajstić information content (AvgIpc) is 2.34. The number of nitrogens with zero attached hydrogens (tertiary/aromatic N) is 1. The van der Waals surface area contributed by atoms with Gasteiger partial charge in [0.2, 0.25) is 5.91 Å². The number of carboxylic acid groups (broad SMARTS) is 1. The van der Waals surface area contributed by atoms with Crippen molar-refractivity contribution in [3.05, 3.63) is 35.1 Å². The molecule has 0 aliphatic carbocycles. The number of likely N-dealkylation sites (tertiary alicyclic amines) is 1. The Kier molecular flexibility index (Phi) is 4.34. The van der Waals surface area contributed by atoms with Crippen molar-refractivity contribution in [3.63, 3.8) is 0 Å². The lowest BCUT2D eigenvalue weighted by molar-refractivity contribution is -0.148. The lowest BCUT2D eigenvalue weighted by Gasteiger charge is -2.35. The Morgan fingerprint density at radius 1 is 1.45 bits per heavy atom. The van der Waals surface area contributed by atoms with Crippen LogP contribution in [0, 0.1) is 18.7 Å². The number of benzene rings is 1. The van der Waals surface area contributed by atoms with Crippen LogP contribution in [0.3, 0.4) is 0 Å². The van der Waals surface area contributed by atoms with Gasteiger partial charge in [-0.2, -0.15) is 0 Å². The van der Waals surface area contributed by atoms with Gasteiger partial charge in [0.15, 0.2) is 0 Å². The highest BCUT2D eigenvalue weighted by Gasteiger charge is 2.33. The molecule has 0 saturated carbocycles. The summed E-state index contributed by atoms with van der Waals surface area (Å²) in [5.74, 6) is -1.60. The zero-order valence-electron chi connectivity index (χ0n) is 11.2. The minimum Gasteiger partial charge on any atom is -0.481 e. The van der Waals surface area contributed by atoms with Crippen LogP contribution < -0.4 is 5.32 Å². The van der Waals surface area contributed by atoms with Gasteiger partial charge in [-0.25, -0.2) is 4.39 Å². The van der Waals surface area contributed by atoms with Gasteiger partial charge in [0.25, 0.3) is 0 Å². The van der Waals surface area contributed by atoms with Crippen molar-refractivity contribution in [2.45, 2.75) is 13.5 Å². The standard InChI is InChI=1S/C14H17FN2O3/c1-9-4-10(2-3-12(9)15)5-16-13(18)8-17-6-11(7-17)14(19)20/h2-4,11H,5-8H2,1H3,(H,16,18)(H,19,20).